The summed E-state index contributed by atoms with van der Waals surface area (Å²) < 4.78 is 1.90. The molecule has 2 heterocycles. The zero-order valence-corrected chi connectivity index (χ0v) is 14.8. The molecule has 0 saturated heterocycles. The maximum atomic E-state index is 12.3. The van der Waals surface area contributed by atoms with Crippen LogP contribution in [0.25, 0.3) is 0 Å². The number of carbonyl (C=O) groups is 1. The number of H-pyrrole nitrogens is 1. The van der Waals surface area contributed by atoms with Crippen molar-refractivity contribution in [3.05, 3.63) is 34.9 Å². The summed E-state index contributed by atoms with van der Waals surface area (Å²) in [5, 5.41) is 14.6. The molecule has 0 aromatic carbocycles. The molecule has 2 atom stereocenters. The lowest BCUT2D eigenvalue weighted by Gasteiger charge is -2.16. The quantitative estimate of drug-likeness (QED) is 0.859. The van der Waals surface area contributed by atoms with Gasteiger partial charge in [0.25, 0.3) is 0 Å². The van der Waals surface area contributed by atoms with Crippen molar-refractivity contribution in [3.63, 3.8) is 0 Å². The topological polar surface area (TPSA) is 75.6 Å². The normalized spacial score (nSPS) is 14.0. The van der Waals surface area contributed by atoms with E-state index in [0.29, 0.717) is 12.5 Å². The van der Waals surface area contributed by atoms with Crippen molar-refractivity contribution in [2.45, 2.75) is 66.0 Å². The summed E-state index contributed by atoms with van der Waals surface area (Å²) in [6.45, 7) is 12.2. The summed E-state index contributed by atoms with van der Waals surface area (Å²) in [6.07, 6.45) is 4.26. The van der Waals surface area contributed by atoms with E-state index in [4.69, 9.17) is 0 Å². The molecule has 2 rings (SSSR count). The molecule has 2 aromatic heterocycles. The monoisotopic (exact) mass is 317 g/mol. The van der Waals surface area contributed by atoms with Gasteiger partial charge in [0, 0.05) is 29.9 Å². The number of rotatable bonds is 6. The van der Waals surface area contributed by atoms with E-state index in [1.807, 2.05) is 37.8 Å². The first kappa shape index (κ1) is 17.2. The fraction of sp³-hybridized carbons (Fsp3) is 0.588. The molecule has 2 N–H and O–H groups in total. The number of hydrogen-bond acceptors (Lipinski definition) is 3. The zero-order chi connectivity index (χ0) is 17.1. The number of nitrogens with zero attached hydrogens (tertiary/aromatic N) is 3. The van der Waals surface area contributed by atoms with E-state index < -0.39 is 0 Å². The molecular weight excluding hydrogens is 290 g/mol. The molecule has 0 aliphatic rings. The average Bonchev–Trinajstić information content (AvgIpc) is 3.06. The summed E-state index contributed by atoms with van der Waals surface area (Å²) in [6, 6.07) is 0.271. The number of aryl methyl sites for hydroxylation is 2. The lowest BCUT2D eigenvalue weighted by molar-refractivity contribution is -0.122. The number of amides is 1. The molecule has 0 spiro atoms. The van der Waals surface area contributed by atoms with E-state index in [1.165, 1.54) is 0 Å². The van der Waals surface area contributed by atoms with Crippen LogP contribution < -0.4 is 5.32 Å². The molecule has 6 heteroatoms. The summed E-state index contributed by atoms with van der Waals surface area (Å²) in [5.41, 5.74) is 4.17. The highest BCUT2D eigenvalue weighted by molar-refractivity contribution is 5.77. The first-order chi connectivity index (χ1) is 10.8. The van der Waals surface area contributed by atoms with Gasteiger partial charge in [-0.2, -0.15) is 10.2 Å². The fourth-order valence-electron chi connectivity index (χ4n) is 2.91. The third kappa shape index (κ3) is 4.00. The third-order valence-corrected chi connectivity index (χ3v) is 4.20. The van der Waals surface area contributed by atoms with Gasteiger partial charge in [0.15, 0.2) is 0 Å². The minimum atomic E-state index is -0.0475. The van der Waals surface area contributed by atoms with Crippen molar-refractivity contribution >= 4 is 5.91 Å². The maximum Gasteiger partial charge on any atom is 0.221 e. The second-order valence-electron chi connectivity index (χ2n) is 6.59. The van der Waals surface area contributed by atoms with Crippen LogP contribution in [-0.2, 0) is 4.79 Å². The van der Waals surface area contributed by atoms with Gasteiger partial charge in [-0.3, -0.25) is 14.6 Å². The smallest absolute Gasteiger partial charge is 0.221 e. The largest absolute Gasteiger partial charge is 0.349 e. The Hall–Kier alpha value is -2.11. The van der Waals surface area contributed by atoms with Gasteiger partial charge in [-0.1, -0.05) is 6.92 Å². The summed E-state index contributed by atoms with van der Waals surface area (Å²) in [4.78, 5) is 12.3. The molecule has 0 aliphatic carbocycles. The number of carbonyl (C=O) groups excluding carboxylic acids is 1. The summed E-state index contributed by atoms with van der Waals surface area (Å²) in [7, 11) is 0. The average molecular weight is 317 g/mol. The third-order valence-electron chi connectivity index (χ3n) is 4.20. The van der Waals surface area contributed by atoms with Crippen molar-refractivity contribution in [2.24, 2.45) is 0 Å². The maximum absolute atomic E-state index is 12.3. The number of nitrogens with one attached hydrogen (secondary N) is 2. The second kappa shape index (κ2) is 6.98. The molecule has 0 aliphatic heterocycles. The van der Waals surface area contributed by atoms with Crippen LogP contribution in [0, 0.1) is 13.8 Å². The van der Waals surface area contributed by atoms with Crippen LogP contribution in [0.4, 0.5) is 0 Å². The predicted molar refractivity (Wildman–Crippen MR) is 90.3 cm³/mol. The van der Waals surface area contributed by atoms with E-state index >= 15 is 0 Å². The summed E-state index contributed by atoms with van der Waals surface area (Å²) >= 11 is 0. The minimum Gasteiger partial charge on any atom is -0.349 e. The van der Waals surface area contributed by atoms with E-state index in [0.717, 1.165) is 22.5 Å². The second-order valence-corrected chi connectivity index (χ2v) is 6.59. The van der Waals surface area contributed by atoms with Crippen LogP contribution in [-0.4, -0.2) is 25.9 Å². The van der Waals surface area contributed by atoms with Gasteiger partial charge in [0.05, 0.1) is 17.9 Å². The van der Waals surface area contributed by atoms with Gasteiger partial charge in [-0.25, -0.2) is 0 Å². The van der Waals surface area contributed by atoms with Crippen molar-refractivity contribution < 1.29 is 4.79 Å². The van der Waals surface area contributed by atoms with Crippen molar-refractivity contribution in [2.75, 3.05) is 0 Å². The molecule has 23 heavy (non-hydrogen) atoms. The van der Waals surface area contributed by atoms with Gasteiger partial charge in [-0.05, 0) is 46.1 Å². The van der Waals surface area contributed by atoms with Gasteiger partial charge in [0.2, 0.25) is 5.91 Å². The molecule has 126 valence electrons. The Kier molecular flexibility index (Phi) is 5.23. The van der Waals surface area contributed by atoms with E-state index in [2.05, 4.69) is 41.4 Å². The first-order valence-electron chi connectivity index (χ1n) is 8.14. The van der Waals surface area contributed by atoms with Crippen LogP contribution in [0.1, 0.15) is 74.6 Å². The Morgan fingerprint density at radius 2 is 2.00 bits per heavy atom. The number of aromatic amines is 1. The highest BCUT2D eigenvalue weighted by Gasteiger charge is 2.19. The molecule has 6 nitrogen and oxygen atoms in total. The number of aromatic nitrogens is 4. The summed E-state index contributed by atoms with van der Waals surface area (Å²) in [5.74, 6) is 0.182. The van der Waals surface area contributed by atoms with Crippen LogP contribution in [0.2, 0.25) is 0 Å². The van der Waals surface area contributed by atoms with E-state index in [-0.39, 0.29) is 17.9 Å². The van der Waals surface area contributed by atoms with Gasteiger partial charge in [0.1, 0.15) is 0 Å². The van der Waals surface area contributed by atoms with Gasteiger partial charge in [-0.15, -0.1) is 0 Å². The standard InChI is InChI=1S/C17H27N5O/c1-10(2)22-9-15(8-18-22)12(4)19-16(23)7-11(3)17-13(5)20-21-14(17)6/h8-12H,7H2,1-6H3,(H,19,23)(H,20,21). The van der Waals surface area contributed by atoms with Gasteiger partial charge < -0.3 is 5.32 Å². The Labute approximate surface area is 137 Å². The molecular formula is C17H27N5O. The van der Waals surface area contributed by atoms with Crippen LogP contribution in [0.5, 0.6) is 0 Å². The SMILES string of the molecule is Cc1n[nH]c(C)c1C(C)CC(=O)NC(C)c1cnn(C(C)C)c1. The Morgan fingerprint density at radius 3 is 2.52 bits per heavy atom. The van der Waals surface area contributed by atoms with Gasteiger partial charge >= 0.3 is 0 Å². The lowest BCUT2D eigenvalue weighted by Crippen LogP contribution is -2.27. The van der Waals surface area contributed by atoms with Crippen LogP contribution >= 0.6 is 0 Å². The molecule has 0 bridgehead atoms. The highest BCUT2D eigenvalue weighted by atomic mass is 16.1. The van der Waals surface area contributed by atoms with E-state index in [9.17, 15) is 4.79 Å². The fourth-order valence-corrected chi connectivity index (χ4v) is 2.91. The minimum absolute atomic E-state index is 0.0438. The molecule has 0 saturated carbocycles. The molecule has 1 amide bonds. The zero-order valence-electron chi connectivity index (χ0n) is 14.8. The van der Waals surface area contributed by atoms with Crippen molar-refractivity contribution in [3.8, 4) is 0 Å². The molecule has 2 aromatic rings. The lowest BCUT2D eigenvalue weighted by atomic mass is 9.95. The molecule has 0 radical (unpaired) electrons. The van der Waals surface area contributed by atoms with Crippen LogP contribution in [0.15, 0.2) is 12.4 Å². The first-order valence-corrected chi connectivity index (χ1v) is 8.14. The van der Waals surface area contributed by atoms with E-state index in [1.54, 1.807) is 0 Å². The van der Waals surface area contributed by atoms with Crippen molar-refractivity contribution in [1.82, 2.24) is 25.3 Å². The Bertz CT molecular complexity index is 651. The molecule has 0 fully saturated rings. The Balaban J connectivity index is 1.96. The Morgan fingerprint density at radius 1 is 1.30 bits per heavy atom. The van der Waals surface area contributed by atoms with Crippen LogP contribution in [0.3, 0.4) is 0 Å². The molecule has 2 unspecified atom stereocenters. The van der Waals surface area contributed by atoms with Crippen molar-refractivity contribution in [1.29, 1.82) is 0 Å². The predicted octanol–water partition coefficient (Wildman–Crippen LogP) is 3.17. The number of hydrogen-bond donors (Lipinski definition) is 2. The highest BCUT2D eigenvalue weighted by Crippen LogP contribution is 2.24.